The molecule has 1 heterocycles. The lowest BCUT2D eigenvalue weighted by Gasteiger charge is -2.22. The Morgan fingerprint density at radius 1 is 0.963 bits per heavy atom. The summed E-state index contributed by atoms with van der Waals surface area (Å²) in [6, 6.07) is 22.5. The molecule has 0 saturated carbocycles. The average molecular weight is 362 g/mol. The lowest BCUT2D eigenvalue weighted by molar-refractivity contribution is -0.117. The number of carbonyl (C=O) groups is 1. The van der Waals surface area contributed by atoms with Crippen molar-refractivity contribution >= 4 is 11.7 Å². The van der Waals surface area contributed by atoms with Crippen LogP contribution in [0.2, 0.25) is 0 Å². The Morgan fingerprint density at radius 3 is 2.04 bits per heavy atom. The Balaban J connectivity index is 1.69. The zero-order valence-corrected chi connectivity index (χ0v) is 15.9. The van der Waals surface area contributed by atoms with E-state index in [1.54, 1.807) is 6.20 Å². The van der Waals surface area contributed by atoms with Crippen LogP contribution in [0.1, 0.15) is 31.0 Å². The molecular formula is C22H26N4O. The monoisotopic (exact) mass is 362 g/mol. The van der Waals surface area contributed by atoms with E-state index in [2.05, 4.69) is 39.6 Å². The third kappa shape index (κ3) is 5.53. The van der Waals surface area contributed by atoms with Gasteiger partial charge in [0.25, 0.3) is 0 Å². The summed E-state index contributed by atoms with van der Waals surface area (Å²) in [4.78, 5) is 14.8. The quantitative estimate of drug-likeness (QED) is 0.656. The summed E-state index contributed by atoms with van der Waals surface area (Å²) >= 11 is 0. The molecule has 140 valence electrons. The lowest BCUT2D eigenvalue weighted by atomic mass is 10.1. The molecule has 0 aliphatic rings. The highest BCUT2D eigenvalue weighted by Crippen LogP contribution is 2.14. The van der Waals surface area contributed by atoms with Crippen LogP contribution in [0.4, 0.5) is 5.82 Å². The van der Waals surface area contributed by atoms with Crippen molar-refractivity contribution in [3.8, 4) is 0 Å². The number of amides is 1. The molecule has 5 heteroatoms. The molecule has 27 heavy (non-hydrogen) atoms. The number of anilines is 1. The number of nitrogens with zero attached hydrogens (tertiary/aromatic N) is 3. The van der Waals surface area contributed by atoms with Crippen LogP contribution in [0, 0.1) is 0 Å². The number of hydrogen-bond acceptors (Lipinski definition) is 3. The summed E-state index contributed by atoms with van der Waals surface area (Å²) in [5.74, 6) is 0.693. The topological polar surface area (TPSA) is 50.2 Å². The van der Waals surface area contributed by atoms with Gasteiger partial charge in [-0.25, -0.2) is 4.68 Å². The van der Waals surface area contributed by atoms with E-state index in [1.807, 2.05) is 61.0 Å². The van der Waals surface area contributed by atoms with Crippen LogP contribution in [0.25, 0.3) is 0 Å². The third-order valence-electron chi connectivity index (χ3n) is 4.29. The molecule has 3 aromatic rings. The van der Waals surface area contributed by atoms with Crippen LogP contribution in [0.15, 0.2) is 72.9 Å². The maximum absolute atomic E-state index is 12.7. The van der Waals surface area contributed by atoms with Gasteiger partial charge in [-0.2, -0.15) is 5.10 Å². The van der Waals surface area contributed by atoms with Crippen molar-refractivity contribution < 1.29 is 4.79 Å². The van der Waals surface area contributed by atoms with Gasteiger partial charge in [-0.15, -0.1) is 0 Å². The molecule has 0 radical (unpaired) electrons. The minimum Gasteiger partial charge on any atom is -0.310 e. The van der Waals surface area contributed by atoms with Crippen molar-refractivity contribution in [2.24, 2.45) is 0 Å². The Kier molecular flexibility index (Phi) is 6.39. The maximum atomic E-state index is 12.7. The number of benzene rings is 2. The fourth-order valence-corrected chi connectivity index (χ4v) is 3.06. The molecule has 0 saturated heterocycles. The molecule has 1 N–H and O–H groups in total. The minimum atomic E-state index is -0.0377. The van der Waals surface area contributed by atoms with Crippen LogP contribution in [0.3, 0.4) is 0 Å². The van der Waals surface area contributed by atoms with Crippen molar-refractivity contribution in [3.05, 3.63) is 84.1 Å². The first-order valence-electron chi connectivity index (χ1n) is 9.25. The smallest absolute Gasteiger partial charge is 0.239 e. The first-order chi connectivity index (χ1) is 13.1. The summed E-state index contributed by atoms with van der Waals surface area (Å²) in [6.45, 7) is 5.83. The number of carbonyl (C=O) groups excluding carboxylic acids is 1. The fraction of sp³-hybridized carbons (Fsp3) is 0.273. The second kappa shape index (κ2) is 9.14. The van der Waals surface area contributed by atoms with Crippen molar-refractivity contribution in [3.63, 3.8) is 0 Å². The van der Waals surface area contributed by atoms with E-state index in [4.69, 9.17) is 0 Å². The summed E-state index contributed by atoms with van der Waals surface area (Å²) in [6.07, 6.45) is 1.71. The first-order valence-corrected chi connectivity index (χ1v) is 9.25. The van der Waals surface area contributed by atoms with Gasteiger partial charge in [0.05, 0.1) is 12.7 Å². The molecule has 0 unspecified atom stereocenters. The fourth-order valence-electron chi connectivity index (χ4n) is 3.06. The normalized spacial score (nSPS) is 11.1. The number of nitrogens with one attached hydrogen (secondary N) is 1. The molecule has 1 amide bonds. The van der Waals surface area contributed by atoms with Crippen LogP contribution in [-0.4, -0.2) is 27.1 Å². The van der Waals surface area contributed by atoms with E-state index in [0.29, 0.717) is 19.6 Å². The summed E-state index contributed by atoms with van der Waals surface area (Å²) in [7, 11) is 0. The molecule has 5 nitrogen and oxygen atoms in total. The predicted octanol–water partition coefficient (Wildman–Crippen LogP) is 4.10. The second-order valence-corrected chi connectivity index (χ2v) is 6.92. The Hall–Kier alpha value is -2.92. The van der Waals surface area contributed by atoms with Crippen LogP contribution in [-0.2, 0) is 17.9 Å². The Labute approximate surface area is 160 Å². The zero-order valence-electron chi connectivity index (χ0n) is 15.9. The third-order valence-corrected chi connectivity index (χ3v) is 4.29. The Morgan fingerprint density at radius 2 is 1.52 bits per heavy atom. The molecule has 0 aliphatic carbocycles. The summed E-state index contributed by atoms with van der Waals surface area (Å²) in [5.41, 5.74) is 2.38. The molecule has 0 aliphatic heterocycles. The minimum absolute atomic E-state index is 0.0377. The van der Waals surface area contributed by atoms with Crippen LogP contribution < -0.4 is 5.32 Å². The molecular weight excluding hydrogens is 336 g/mol. The van der Waals surface area contributed by atoms with Gasteiger partial charge >= 0.3 is 0 Å². The van der Waals surface area contributed by atoms with E-state index >= 15 is 0 Å². The van der Waals surface area contributed by atoms with Gasteiger partial charge in [0.2, 0.25) is 5.91 Å². The Bertz CT molecular complexity index is 802. The van der Waals surface area contributed by atoms with Crippen molar-refractivity contribution in [1.29, 1.82) is 0 Å². The highest BCUT2D eigenvalue weighted by Gasteiger charge is 2.14. The van der Waals surface area contributed by atoms with Gasteiger partial charge < -0.3 is 5.32 Å². The second-order valence-electron chi connectivity index (χ2n) is 6.92. The molecule has 0 bridgehead atoms. The maximum Gasteiger partial charge on any atom is 0.239 e. The number of hydrogen-bond donors (Lipinski definition) is 1. The largest absolute Gasteiger partial charge is 0.310 e. The molecule has 0 spiro atoms. The van der Waals surface area contributed by atoms with E-state index in [-0.39, 0.29) is 11.9 Å². The van der Waals surface area contributed by atoms with E-state index < -0.39 is 0 Å². The highest BCUT2D eigenvalue weighted by molar-refractivity contribution is 5.91. The van der Waals surface area contributed by atoms with Crippen molar-refractivity contribution in [2.45, 2.75) is 33.0 Å². The van der Waals surface area contributed by atoms with Gasteiger partial charge in [-0.3, -0.25) is 9.69 Å². The summed E-state index contributed by atoms with van der Waals surface area (Å²) < 4.78 is 1.82. The van der Waals surface area contributed by atoms with Gasteiger partial charge in [0, 0.05) is 25.2 Å². The zero-order chi connectivity index (χ0) is 19.1. The van der Waals surface area contributed by atoms with Crippen LogP contribution >= 0.6 is 0 Å². The average Bonchev–Trinajstić information content (AvgIpc) is 3.11. The number of aromatic nitrogens is 2. The van der Waals surface area contributed by atoms with Crippen molar-refractivity contribution in [1.82, 2.24) is 14.7 Å². The van der Waals surface area contributed by atoms with E-state index in [0.717, 1.165) is 5.82 Å². The number of rotatable bonds is 8. The molecule has 2 aromatic carbocycles. The van der Waals surface area contributed by atoms with Gasteiger partial charge in [0.1, 0.15) is 5.82 Å². The first kappa shape index (κ1) is 18.9. The lowest BCUT2D eigenvalue weighted by Crippen LogP contribution is -2.33. The molecule has 0 fully saturated rings. The molecule has 0 atom stereocenters. The van der Waals surface area contributed by atoms with E-state index in [1.165, 1.54) is 11.1 Å². The predicted molar refractivity (Wildman–Crippen MR) is 108 cm³/mol. The van der Waals surface area contributed by atoms with Gasteiger partial charge in [-0.1, -0.05) is 60.7 Å². The standard InChI is InChI=1S/C22H26N4O/c1-18(2)26-21(13-14-23-26)24-22(27)17-25(15-19-9-5-3-6-10-19)16-20-11-7-4-8-12-20/h3-14,18H,15-17H2,1-2H3,(H,24,27). The van der Waals surface area contributed by atoms with Gasteiger partial charge in [-0.05, 0) is 25.0 Å². The van der Waals surface area contributed by atoms with Crippen molar-refractivity contribution in [2.75, 3.05) is 11.9 Å². The molecule has 3 rings (SSSR count). The molecule has 1 aromatic heterocycles. The van der Waals surface area contributed by atoms with E-state index in [9.17, 15) is 4.79 Å². The summed E-state index contributed by atoms with van der Waals surface area (Å²) in [5, 5.41) is 7.27. The SMILES string of the molecule is CC(C)n1nccc1NC(=O)CN(Cc1ccccc1)Cc1ccccc1. The van der Waals surface area contributed by atoms with Crippen LogP contribution in [0.5, 0.6) is 0 Å². The van der Waals surface area contributed by atoms with Gasteiger partial charge in [0.15, 0.2) is 0 Å². The highest BCUT2D eigenvalue weighted by atomic mass is 16.2.